The number of hydrogen-bond acceptors (Lipinski definition) is 6. The lowest BCUT2D eigenvalue weighted by molar-refractivity contribution is 0.0920. The number of aromatic nitrogens is 1. The molecule has 1 saturated heterocycles. The zero-order valence-electron chi connectivity index (χ0n) is 19.0. The third-order valence-corrected chi connectivity index (χ3v) is 8.69. The maximum absolute atomic E-state index is 13.0. The van der Waals surface area contributed by atoms with Crippen molar-refractivity contribution < 1.29 is 9.53 Å². The summed E-state index contributed by atoms with van der Waals surface area (Å²) in [5.74, 6) is 1.66. The minimum absolute atomic E-state index is 0.0790. The van der Waals surface area contributed by atoms with Crippen LogP contribution in [-0.4, -0.2) is 36.1 Å². The molecule has 3 atom stereocenters. The molecule has 1 aromatic carbocycles. The highest BCUT2D eigenvalue weighted by Crippen LogP contribution is 2.40. The molecule has 3 aromatic rings. The molecule has 3 aliphatic rings. The van der Waals surface area contributed by atoms with E-state index in [1.165, 1.54) is 49.1 Å². The number of carbonyl (C=O) groups is 1. The van der Waals surface area contributed by atoms with Gasteiger partial charge >= 0.3 is 0 Å². The summed E-state index contributed by atoms with van der Waals surface area (Å²) in [6.45, 7) is 3.56. The Morgan fingerprint density at radius 2 is 2.09 bits per heavy atom. The largest absolute Gasteiger partial charge is 0.491 e. The van der Waals surface area contributed by atoms with Crippen LogP contribution in [0.1, 0.15) is 53.0 Å². The number of rotatable bonds is 3. The van der Waals surface area contributed by atoms with Gasteiger partial charge in [-0.1, -0.05) is 18.9 Å². The van der Waals surface area contributed by atoms with Crippen LogP contribution in [0.4, 0.5) is 11.4 Å². The van der Waals surface area contributed by atoms with Crippen LogP contribution in [-0.2, 0) is 6.42 Å². The van der Waals surface area contributed by atoms with Crippen LogP contribution in [0.25, 0.3) is 10.2 Å². The highest BCUT2D eigenvalue weighted by atomic mass is 32.1. The summed E-state index contributed by atoms with van der Waals surface area (Å²) in [5, 5.41) is 3.97. The second-order valence-electron chi connectivity index (χ2n) is 9.72. The van der Waals surface area contributed by atoms with Gasteiger partial charge in [0, 0.05) is 35.4 Å². The third-order valence-electron chi connectivity index (χ3n) is 7.57. The second kappa shape index (κ2) is 8.20. The van der Waals surface area contributed by atoms with Gasteiger partial charge < -0.3 is 20.7 Å². The molecule has 1 aliphatic carbocycles. The maximum atomic E-state index is 13.0. The molecule has 3 N–H and O–H groups in total. The van der Waals surface area contributed by atoms with Gasteiger partial charge in [0.15, 0.2) is 0 Å². The third kappa shape index (κ3) is 3.72. The average Bonchev–Trinajstić information content (AvgIpc) is 3.40. The van der Waals surface area contributed by atoms with Crippen LogP contribution in [0.3, 0.4) is 0 Å². The van der Waals surface area contributed by atoms with Gasteiger partial charge in [0.2, 0.25) is 0 Å². The van der Waals surface area contributed by atoms with Crippen LogP contribution in [0.15, 0.2) is 30.3 Å². The number of hydrogen-bond donors (Lipinski definition) is 2. The van der Waals surface area contributed by atoms with Crippen LogP contribution < -0.4 is 20.7 Å². The van der Waals surface area contributed by atoms with Crippen molar-refractivity contribution in [3.05, 3.63) is 46.5 Å². The molecule has 0 unspecified atom stereocenters. The Labute approximate surface area is 198 Å². The first-order chi connectivity index (χ1) is 16.1. The first-order valence-electron chi connectivity index (χ1n) is 12.1. The van der Waals surface area contributed by atoms with Gasteiger partial charge in [0.1, 0.15) is 22.1 Å². The van der Waals surface area contributed by atoms with E-state index < -0.39 is 0 Å². The molecule has 0 spiro atoms. The molecule has 0 bridgehead atoms. The summed E-state index contributed by atoms with van der Waals surface area (Å²) in [6.07, 6.45) is 7.50. The number of nitrogen functional groups attached to an aromatic ring is 1. The number of pyridine rings is 1. The molecule has 1 saturated carbocycles. The Hall–Kier alpha value is -2.80. The molecular formula is C26H30N4O2S. The summed E-state index contributed by atoms with van der Waals surface area (Å²) in [7, 11) is 0. The molecule has 7 heteroatoms. The van der Waals surface area contributed by atoms with E-state index in [0.29, 0.717) is 23.2 Å². The zero-order valence-corrected chi connectivity index (χ0v) is 19.8. The number of carbonyl (C=O) groups excluding carboxylic acids is 1. The Balaban J connectivity index is 1.16. The number of nitrogens with one attached hydrogen (secondary N) is 1. The second-order valence-corrected chi connectivity index (χ2v) is 10.7. The molecule has 6 rings (SSSR count). The number of thiophene rings is 1. The number of ether oxygens (including phenoxy) is 1. The van der Waals surface area contributed by atoms with Crippen molar-refractivity contribution in [2.75, 3.05) is 23.8 Å². The lowest BCUT2D eigenvalue weighted by Gasteiger charge is -2.34. The minimum atomic E-state index is -0.151. The molecule has 2 aliphatic heterocycles. The van der Waals surface area contributed by atoms with Crippen molar-refractivity contribution >= 4 is 38.8 Å². The van der Waals surface area contributed by atoms with Gasteiger partial charge in [-0.3, -0.25) is 4.79 Å². The molecular weight excluding hydrogens is 432 g/mol. The van der Waals surface area contributed by atoms with E-state index in [1.807, 2.05) is 19.1 Å². The van der Waals surface area contributed by atoms with Crippen LogP contribution >= 0.6 is 11.3 Å². The van der Waals surface area contributed by atoms with Crippen molar-refractivity contribution in [1.82, 2.24) is 10.3 Å². The van der Waals surface area contributed by atoms with Crippen molar-refractivity contribution in [3.8, 4) is 5.75 Å². The van der Waals surface area contributed by atoms with Gasteiger partial charge in [-0.2, -0.15) is 0 Å². The van der Waals surface area contributed by atoms with E-state index in [1.54, 1.807) is 0 Å². The quantitative estimate of drug-likeness (QED) is 0.590. The Morgan fingerprint density at radius 3 is 3.00 bits per heavy atom. The van der Waals surface area contributed by atoms with Gasteiger partial charge in [-0.25, -0.2) is 4.98 Å². The Bertz CT molecular complexity index is 1220. The predicted octanol–water partition coefficient (Wildman–Crippen LogP) is 4.69. The van der Waals surface area contributed by atoms with Crippen LogP contribution in [0.2, 0.25) is 0 Å². The fourth-order valence-corrected chi connectivity index (χ4v) is 6.91. The summed E-state index contributed by atoms with van der Waals surface area (Å²) >= 11 is 1.35. The van der Waals surface area contributed by atoms with E-state index in [4.69, 9.17) is 10.5 Å². The zero-order chi connectivity index (χ0) is 22.5. The standard InChI is InChI=1S/C26H30N4O2S/c1-15-6-9-20-23(27)24(33-26(20)28-15)25(31)29-18-12-17-7-8-19(13-22(17)32-14-18)30-11-10-16-4-2-3-5-21(16)30/h6-9,13,16,18,21H,2-5,10-12,14,27H2,1H3,(H,29,31)/t16-,18+,21-/m0/s1. The first-order valence-corrected chi connectivity index (χ1v) is 12.9. The summed E-state index contributed by atoms with van der Waals surface area (Å²) in [5.41, 5.74) is 10.1. The topological polar surface area (TPSA) is 80.5 Å². The number of anilines is 2. The number of nitrogens with two attached hydrogens (primary N) is 1. The fourth-order valence-electron chi connectivity index (χ4n) is 5.87. The monoisotopic (exact) mass is 462 g/mol. The number of amides is 1. The predicted molar refractivity (Wildman–Crippen MR) is 133 cm³/mol. The van der Waals surface area contributed by atoms with E-state index in [0.717, 1.165) is 46.1 Å². The Kier molecular flexibility index (Phi) is 5.17. The van der Waals surface area contributed by atoms with Crippen molar-refractivity contribution in [3.63, 3.8) is 0 Å². The number of nitrogens with zero attached hydrogens (tertiary/aromatic N) is 2. The summed E-state index contributed by atoms with van der Waals surface area (Å²) in [4.78, 5) is 21.4. The molecule has 172 valence electrons. The smallest absolute Gasteiger partial charge is 0.263 e. The van der Waals surface area contributed by atoms with Gasteiger partial charge in [0.05, 0.1) is 11.7 Å². The molecule has 6 nitrogen and oxygen atoms in total. The van der Waals surface area contributed by atoms with E-state index in [9.17, 15) is 4.79 Å². The number of aryl methyl sites for hydroxylation is 1. The van der Waals surface area contributed by atoms with Crippen molar-refractivity contribution in [2.24, 2.45) is 5.92 Å². The highest BCUT2D eigenvalue weighted by molar-refractivity contribution is 7.21. The van der Waals surface area contributed by atoms with Crippen LogP contribution in [0.5, 0.6) is 5.75 Å². The van der Waals surface area contributed by atoms with E-state index in [2.05, 4.69) is 33.4 Å². The number of fused-ring (bicyclic) bond motifs is 3. The molecule has 33 heavy (non-hydrogen) atoms. The lowest BCUT2D eigenvalue weighted by Crippen LogP contribution is -2.42. The van der Waals surface area contributed by atoms with Gasteiger partial charge in [-0.05, 0) is 62.3 Å². The molecule has 4 heterocycles. The normalized spacial score (nSPS) is 24.3. The summed E-state index contributed by atoms with van der Waals surface area (Å²) < 4.78 is 6.13. The molecule has 0 radical (unpaired) electrons. The lowest BCUT2D eigenvalue weighted by atomic mass is 9.85. The van der Waals surface area contributed by atoms with E-state index >= 15 is 0 Å². The van der Waals surface area contributed by atoms with E-state index in [-0.39, 0.29) is 11.9 Å². The maximum Gasteiger partial charge on any atom is 0.263 e. The van der Waals surface area contributed by atoms with Crippen molar-refractivity contribution in [2.45, 2.75) is 57.5 Å². The first kappa shape index (κ1) is 20.8. The molecule has 2 fully saturated rings. The Morgan fingerprint density at radius 1 is 1.21 bits per heavy atom. The van der Waals surface area contributed by atoms with Gasteiger partial charge in [-0.15, -0.1) is 11.3 Å². The molecule has 2 aromatic heterocycles. The molecule has 1 amide bonds. The van der Waals surface area contributed by atoms with Gasteiger partial charge in [0.25, 0.3) is 5.91 Å². The SMILES string of the molecule is Cc1ccc2c(N)c(C(=O)N[C@H]3COc4cc(N5CC[C@@H]6CCCC[C@@H]65)ccc4C3)sc2n1. The average molecular weight is 463 g/mol. The van der Waals surface area contributed by atoms with Crippen LogP contribution in [0, 0.1) is 12.8 Å². The fraction of sp³-hybridized carbons (Fsp3) is 0.462. The summed E-state index contributed by atoms with van der Waals surface area (Å²) in [6, 6.07) is 11.1. The minimum Gasteiger partial charge on any atom is -0.491 e. The number of benzene rings is 1. The highest BCUT2D eigenvalue weighted by Gasteiger charge is 2.36. The van der Waals surface area contributed by atoms with Crippen molar-refractivity contribution in [1.29, 1.82) is 0 Å².